The van der Waals surface area contributed by atoms with Crippen LogP contribution in [0.5, 0.6) is 0 Å². The van der Waals surface area contributed by atoms with Gasteiger partial charge in [0.15, 0.2) is 5.69 Å². The van der Waals surface area contributed by atoms with Gasteiger partial charge in [0.2, 0.25) is 0 Å². The summed E-state index contributed by atoms with van der Waals surface area (Å²) in [5.41, 5.74) is 3.32. The Morgan fingerprint density at radius 3 is 2.87 bits per heavy atom. The van der Waals surface area contributed by atoms with Gasteiger partial charge >= 0.3 is 5.97 Å². The zero-order valence-electron chi connectivity index (χ0n) is 22.0. The van der Waals surface area contributed by atoms with Gasteiger partial charge in [0, 0.05) is 37.3 Å². The fourth-order valence-corrected chi connectivity index (χ4v) is 4.76. The number of aliphatic carboxylic acids is 1. The number of H-pyrrole nitrogens is 1. The van der Waals surface area contributed by atoms with Crippen molar-refractivity contribution < 1.29 is 19.4 Å². The maximum Gasteiger partial charge on any atom is 0.326 e. The average molecular weight is 523 g/mol. The Morgan fingerprint density at radius 1 is 1.16 bits per heavy atom. The number of nitrogens with one attached hydrogen (secondary N) is 3. The van der Waals surface area contributed by atoms with E-state index in [0.29, 0.717) is 31.7 Å². The zero-order chi connectivity index (χ0) is 26.7. The van der Waals surface area contributed by atoms with Crippen molar-refractivity contribution in [3.8, 4) is 0 Å². The molecule has 0 saturated heterocycles. The first-order valence-electron chi connectivity index (χ1n) is 13.5. The number of ether oxygens (including phenoxy) is 1. The van der Waals surface area contributed by atoms with Crippen molar-refractivity contribution in [1.82, 2.24) is 25.4 Å². The minimum absolute atomic E-state index is 0.200. The van der Waals surface area contributed by atoms with Gasteiger partial charge < -0.3 is 25.4 Å². The average Bonchev–Trinajstić information content (AvgIpc) is 3.37. The number of aryl methyl sites for hydroxylation is 2. The van der Waals surface area contributed by atoms with Crippen LogP contribution < -0.4 is 10.6 Å². The van der Waals surface area contributed by atoms with Gasteiger partial charge in [0.25, 0.3) is 5.91 Å². The number of nitrogens with zero attached hydrogens (tertiary/aromatic N) is 3. The van der Waals surface area contributed by atoms with E-state index >= 15 is 0 Å². The number of unbranched alkanes of at least 4 members (excludes halogenated alkanes) is 1. The van der Waals surface area contributed by atoms with Crippen LogP contribution in [0.3, 0.4) is 0 Å². The summed E-state index contributed by atoms with van der Waals surface area (Å²) in [6.45, 7) is 6.22. The zero-order valence-corrected chi connectivity index (χ0v) is 22.0. The number of fused-ring (bicyclic) bond motifs is 2. The molecule has 0 saturated carbocycles. The molecule has 0 bridgehead atoms. The summed E-state index contributed by atoms with van der Waals surface area (Å²) in [4.78, 5) is 31.8. The highest BCUT2D eigenvalue weighted by Crippen LogP contribution is 2.20. The number of anilines is 1. The van der Waals surface area contributed by atoms with Crippen molar-refractivity contribution in [2.75, 3.05) is 44.7 Å². The molecule has 10 heteroatoms. The van der Waals surface area contributed by atoms with Crippen molar-refractivity contribution in [1.29, 1.82) is 0 Å². The highest BCUT2D eigenvalue weighted by molar-refractivity contribution is 6.05. The van der Waals surface area contributed by atoms with Crippen LogP contribution in [0, 0.1) is 0 Å². The number of hydrogen-bond donors (Lipinski definition) is 4. The third-order valence-corrected chi connectivity index (χ3v) is 6.89. The van der Waals surface area contributed by atoms with E-state index in [4.69, 9.17) is 9.72 Å². The van der Waals surface area contributed by atoms with Gasteiger partial charge in [-0.15, -0.1) is 0 Å². The van der Waals surface area contributed by atoms with Gasteiger partial charge in [-0.3, -0.25) is 9.89 Å². The molecule has 2 aromatic heterocycles. The van der Waals surface area contributed by atoms with E-state index in [9.17, 15) is 14.7 Å². The molecular formula is C28H38N6O4. The smallest absolute Gasteiger partial charge is 0.326 e. The standard InChI is InChI=1S/C28H38N6O4/c1-2-38-19-18-34(16-6-5-9-21-13-12-20-8-7-15-29-26(20)30-21)17-14-24(28(36)37)31-27(35)25-22-10-3-4-11-23(22)32-33-25/h3-4,10-13,24H,2,5-9,14-19H2,1H3,(H,29,30)(H,31,35)(H,32,33)(H,36,37). The highest BCUT2D eigenvalue weighted by Gasteiger charge is 2.24. The van der Waals surface area contributed by atoms with Crippen molar-refractivity contribution in [2.45, 2.75) is 51.5 Å². The van der Waals surface area contributed by atoms with Crippen LogP contribution in [0.2, 0.25) is 0 Å². The van der Waals surface area contributed by atoms with E-state index in [1.807, 2.05) is 25.1 Å². The van der Waals surface area contributed by atoms with Crippen LogP contribution in [0.1, 0.15) is 54.4 Å². The van der Waals surface area contributed by atoms with Gasteiger partial charge in [0.1, 0.15) is 11.9 Å². The molecule has 0 spiro atoms. The second-order valence-electron chi connectivity index (χ2n) is 9.61. The summed E-state index contributed by atoms with van der Waals surface area (Å²) < 4.78 is 5.54. The van der Waals surface area contributed by atoms with Crippen molar-refractivity contribution >= 4 is 28.6 Å². The number of carbonyl (C=O) groups is 2. The van der Waals surface area contributed by atoms with Gasteiger partial charge in [0.05, 0.1) is 12.1 Å². The lowest BCUT2D eigenvalue weighted by molar-refractivity contribution is -0.139. The van der Waals surface area contributed by atoms with E-state index in [1.54, 1.807) is 6.07 Å². The Bertz CT molecular complexity index is 1210. The minimum Gasteiger partial charge on any atom is -0.480 e. The van der Waals surface area contributed by atoms with Gasteiger partial charge in [-0.05, 0) is 69.7 Å². The number of aromatic nitrogens is 3. The Kier molecular flexibility index (Phi) is 10.1. The molecular weight excluding hydrogens is 484 g/mol. The van der Waals surface area contributed by atoms with E-state index in [2.05, 4.69) is 37.9 Å². The maximum absolute atomic E-state index is 12.8. The molecule has 1 aliphatic heterocycles. The van der Waals surface area contributed by atoms with Crippen molar-refractivity contribution in [3.63, 3.8) is 0 Å². The van der Waals surface area contributed by atoms with E-state index < -0.39 is 17.9 Å². The van der Waals surface area contributed by atoms with E-state index in [0.717, 1.165) is 62.2 Å². The van der Waals surface area contributed by atoms with Crippen LogP contribution in [0.4, 0.5) is 5.82 Å². The summed E-state index contributed by atoms with van der Waals surface area (Å²) in [5.74, 6) is -0.533. The van der Waals surface area contributed by atoms with Gasteiger partial charge in [-0.25, -0.2) is 9.78 Å². The number of benzene rings is 1. The Morgan fingerprint density at radius 2 is 2.03 bits per heavy atom. The monoisotopic (exact) mass is 522 g/mol. The first-order valence-corrected chi connectivity index (χ1v) is 13.5. The van der Waals surface area contributed by atoms with Crippen LogP contribution in [-0.4, -0.2) is 82.5 Å². The first kappa shape index (κ1) is 27.5. The number of carbonyl (C=O) groups excluding carboxylic acids is 1. The normalized spacial score (nSPS) is 13.7. The number of rotatable bonds is 15. The molecule has 204 valence electrons. The Balaban J connectivity index is 1.28. The van der Waals surface area contributed by atoms with Gasteiger partial charge in [-0.1, -0.05) is 24.3 Å². The first-order chi connectivity index (χ1) is 18.5. The number of aromatic amines is 1. The molecule has 3 heterocycles. The molecule has 1 aromatic carbocycles. The molecule has 1 unspecified atom stereocenters. The second-order valence-corrected chi connectivity index (χ2v) is 9.61. The molecule has 3 aromatic rings. The predicted molar refractivity (Wildman–Crippen MR) is 147 cm³/mol. The highest BCUT2D eigenvalue weighted by atomic mass is 16.5. The molecule has 1 atom stereocenters. The summed E-state index contributed by atoms with van der Waals surface area (Å²) >= 11 is 0. The summed E-state index contributed by atoms with van der Waals surface area (Å²) in [7, 11) is 0. The summed E-state index contributed by atoms with van der Waals surface area (Å²) in [6.07, 6.45) is 5.37. The molecule has 1 aliphatic rings. The van der Waals surface area contributed by atoms with Crippen LogP contribution in [0.15, 0.2) is 36.4 Å². The molecule has 1 amide bonds. The lowest BCUT2D eigenvalue weighted by Crippen LogP contribution is -2.43. The SMILES string of the molecule is CCOCCN(CCCCc1ccc2c(n1)NCCC2)CCC(NC(=O)c1n[nH]c2ccccc12)C(=O)O. The van der Waals surface area contributed by atoms with Crippen molar-refractivity contribution in [2.24, 2.45) is 0 Å². The number of hydrogen-bond acceptors (Lipinski definition) is 7. The van der Waals surface area contributed by atoms with Crippen LogP contribution in [0.25, 0.3) is 10.9 Å². The summed E-state index contributed by atoms with van der Waals surface area (Å²) in [6, 6.07) is 10.6. The fourth-order valence-electron chi connectivity index (χ4n) is 4.76. The maximum atomic E-state index is 12.8. The third-order valence-electron chi connectivity index (χ3n) is 6.89. The summed E-state index contributed by atoms with van der Waals surface area (Å²) in [5, 5.41) is 23.4. The largest absolute Gasteiger partial charge is 0.480 e. The predicted octanol–water partition coefficient (Wildman–Crippen LogP) is 3.25. The Labute approximate surface area is 223 Å². The molecule has 10 nitrogen and oxygen atoms in total. The van der Waals surface area contributed by atoms with Gasteiger partial charge in [-0.2, -0.15) is 5.10 Å². The third kappa shape index (κ3) is 7.52. The van der Waals surface area contributed by atoms with Crippen LogP contribution >= 0.6 is 0 Å². The molecule has 38 heavy (non-hydrogen) atoms. The van der Waals surface area contributed by atoms with Crippen LogP contribution in [-0.2, 0) is 22.4 Å². The fraction of sp³-hybridized carbons (Fsp3) is 0.500. The van der Waals surface area contributed by atoms with E-state index in [-0.39, 0.29) is 12.1 Å². The second kappa shape index (κ2) is 13.9. The number of pyridine rings is 1. The lowest BCUT2D eigenvalue weighted by atomic mass is 10.1. The number of carboxylic acids is 1. The van der Waals surface area contributed by atoms with Crippen molar-refractivity contribution in [3.05, 3.63) is 53.3 Å². The number of para-hydroxylation sites is 1. The lowest BCUT2D eigenvalue weighted by Gasteiger charge is -2.24. The minimum atomic E-state index is -1.06. The molecule has 0 radical (unpaired) electrons. The van der Waals surface area contributed by atoms with E-state index in [1.165, 1.54) is 5.56 Å². The number of amides is 1. The quantitative estimate of drug-likeness (QED) is 0.224. The molecule has 4 N–H and O–H groups in total. The topological polar surface area (TPSA) is 132 Å². The molecule has 0 fully saturated rings. The molecule has 4 rings (SSSR count). The molecule has 0 aliphatic carbocycles. The Hall–Kier alpha value is -3.50. The number of carboxylic acid groups (broad SMARTS) is 1.